The molecule has 0 fully saturated rings. The second-order valence-corrected chi connectivity index (χ2v) is 4.96. The maximum absolute atomic E-state index is 5.61. The van der Waals surface area contributed by atoms with E-state index in [0.717, 1.165) is 28.2 Å². The highest BCUT2D eigenvalue weighted by Crippen LogP contribution is 2.33. The maximum atomic E-state index is 5.61. The average molecular weight is 292 g/mol. The van der Waals surface area contributed by atoms with Gasteiger partial charge >= 0.3 is 0 Å². The first-order valence-electron chi connectivity index (χ1n) is 6.92. The lowest BCUT2D eigenvalue weighted by Crippen LogP contribution is -1.97. The Balaban J connectivity index is 2.12. The number of H-pyrrole nitrogens is 1. The summed E-state index contributed by atoms with van der Waals surface area (Å²) >= 11 is 0. The minimum atomic E-state index is 0.207. The normalized spacial score (nSPS) is 10.4. The minimum Gasteiger partial charge on any atom is -0.497 e. The van der Waals surface area contributed by atoms with Crippen molar-refractivity contribution in [2.75, 3.05) is 13.7 Å². The van der Waals surface area contributed by atoms with Gasteiger partial charge < -0.3 is 14.5 Å². The molecule has 0 saturated carbocycles. The Morgan fingerprint density at radius 2 is 2.09 bits per heavy atom. The Hall–Kier alpha value is -2.93. The van der Waals surface area contributed by atoms with Gasteiger partial charge in [-0.2, -0.15) is 0 Å². The molecule has 3 rings (SSSR count). The molecule has 22 heavy (non-hydrogen) atoms. The zero-order chi connectivity index (χ0) is 15.5. The van der Waals surface area contributed by atoms with Gasteiger partial charge in [-0.3, -0.25) is 0 Å². The zero-order valence-electron chi connectivity index (χ0n) is 12.5. The van der Waals surface area contributed by atoms with Gasteiger partial charge in [0.25, 0.3) is 0 Å². The Labute approximate surface area is 129 Å². The van der Waals surface area contributed by atoms with Crippen LogP contribution in [0.2, 0.25) is 0 Å². The number of nitrogens with one attached hydrogen (secondary N) is 1. The highest BCUT2D eigenvalue weighted by molar-refractivity contribution is 5.81. The number of nitrogens with zero attached hydrogens (tertiary/aromatic N) is 1. The van der Waals surface area contributed by atoms with E-state index >= 15 is 0 Å². The fraction of sp³-hybridized carbons (Fsp3) is 0.167. The zero-order valence-corrected chi connectivity index (χ0v) is 12.5. The number of aryl methyl sites for hydroxylation is 1. The van der Waals surface area contributed by atoms with E-state index < -0.39 is 0 Å². The molecular weight excluding hydrogens is 276 g/mol. The summed E-state index contributed by atoms with van der Waals surface area (Å²) in [4.78, 5) is 7.95. The maximum Gasteiger partial charge on any atom is 0.148 e. The fourth-order valence-electron chi connectivity index (χ4n) is 2.32. The number of terminal acetylenes is 1. The summed E-state index contributed by atoms with van der Waals surface area (Å²) in [6.07, 6.45) is 5.28. The molecule has 1 N–H and O–H groups in total. The highest BCUT2D eigenvalue weighted by atomic mass is 16.5. The summed E-state index contributed by atoms with van der Waals surface area (Å²) < 4.78 is 10.9. The van der Waals surface area contributed by atoms with E-state index in [1.54, 1.807) is 7.11 Å². The Morgan fingerprint density at radius 1 is 1.23 bits per heavy atom. The van der Waals surface area contributed by atoms with Crippen molar-refractivity contribution in [1.82, 2.24) is 9.97 Å². The van der Waals surface area contributed by atoms with E-state index in [1.807, 2.05) is 37.3 Å². The summed E-state index contributed by atoms with van der Waals surface area (Å²) in [5.41, 5.74) is 3.90. The van der Waals surface area contributed by atoms with Crippen LogP contribution >= 0.6 is 0 Å². The molecule has 0 bridgehead atoms. The van der Waals surface area contributed by atoms with Crippen molar-refractivity contribution >= 4 is 11.0 Å². The second kappa shape index (κ2) is 5.82. The molecule has 3 aromatic rings. The molecular formula is C18H16N2O2. The molecule has 0 aliphatic rings. The molecule has 0 saturated heterocycles. The van der Waals surface area contributed by atoms with Crippen molar-refractivity contribution in [3.8, 4) is 35.2 Å². The molecule has 4 nitrogen and oxygen atoms in total. The van der Waals surface area contributed by atoms with E-state index in [9.17, 15) is 0 Å². The van der Waals surface area contributed by atoms with Gasteiger partial charge in [0.1, 0.15) is 23.9 Å². The third-order valence-electron chi connectivity index (χ3n) is 3.39. The largest absolute Gasteiger partial charge is 0.497 e. The number of ether oxygens (including phenoxy) is 2. The lowest BCUT2D eigenvalue weighted by atomic mass is 10.2. The molecule has 0 aliphatic heterocycles. The van der Waals surface area contributed by atoms with Crippen LogP contribution in [0.4, 0.5) is 0 Å². The summed E-state index contributed by atoms with van der Waals surface area (Å²) in [6, 6.07) is 11.7. The van der Waals surface area contributed by atoms with Crippen LogP contribution in [0.3, 0.4) is 0 Å². The number of fused-ring (bicyclic) bond motifs is 1. The molecule has 0 radical (unpaired) electrons. The molecule has 0 atom stereocenters. The van der Waals surface area contributed by atoms with E-state index in [-0.39, 0.29) is 6.61 Å². The number of aromatic amines is 1. The van der Waals surface area contributed by atoms with Crippen molar-refractivity contribution in [2.45, 2.75) is 6.92 Å². The number of aromatic nitrogens is 2. The number of benzene rings is 2. The first-order chi connectivity index (χ1) is 10.7. The second-order valence-electron chi connectivity index (χ2n) is 4.96. The van der Waals surface area contributed by atoms with Crippen molar-refractivity contribution in [1.29, 1.82) is 0 Å². The van der Waals surface area contributed by atoms with E-state index in [2.05, 4.69) is 22.0 Å². The summed E-state index contributed by atoms with van der Waals surface area (Å²) in [5.74, 6) is 4.61. The van der Waals surface area contributed by atoms with Gasteiger partial charge in [-0.25, -0.2) is 4.98 Å². The Bertz CT molecular complexity index is 859. The van der Waals surface area contributed by atoms with E-state index in [0.29, 0.717) is 5.75 Å². The van der Waals surface area contributed by atoms with Crippen LogP contribution in [0.1, 0.15) is 5.56 Å². The number of hydrogen-bond acceptors (Lipinski definition) is 3. The first kappa shape index (κ1) is 14.0. The average Bonchev–Trinajstić information content (AvgIpc) is 2.95. The number of hydrogen-bond donors (Lipinski definition) is 1. The van der Waals surface area contributed by atoms with Gasteiger partial charge in [0.05, 0.1) is 23.7 Å². The standard InChI is InChI=1S/C18H16N2O2/c1-4-9-22-17-8-6-13(21-3)11-14(17)18-19-15-7-5-12(2)10-16(15)20-18/h1,5-8,10-11H,9H2,2-3H3,(H,19,20). The topological polar surface area (TPSA) is 47.1 Å². The Morgan fingerprint density at radius 3 is 2.86 bits per heavy atom. The third-order valence-corrected chi connectivity index (χ3v) is 3.39. The van der Waals surface area contributed by atoms with Gasteiger partial charge in [-0.15, -0.1) is 6.42 Å². The van der Waals surface area contributed by atoms with Crippen molar-refractivity contribution in [2.24, 2.45) is 0 Å². The number of methoxy groups -OCH3 is 1. The highest BCUT2D eigenvalue weighted by Gasteiger charge is 2.12. The molecule has 0 amide bonds. The smallest absolute Gasteiger partial charge is 0.148 e. The van der Waals surface area contributed by atoms with Crippen LogP contribution in [0.15, 0.2) is 36.4 Å². The van der Waals surface area contributed by atoms with Crippen LogP contribution in [-0.2, 0) is 0 Å². The fourth-order valence-corrected chi connectivity index (χ4v) is 2.32. The lowest BCUT2D eigenvalue weighted by molar-refractivity contribution is 0.369. The van der Waals surface area contributed by atoms with Crippen LogP contribution in [0, 0.1) is 19.3 Å². The summed E-state index contributed by atoms with van der Waals surface area (Å²) in [6.45, 7) is 2.26. The molecule has 1 heterocycles. The van der Waals surface area contributed by atoms with Crippen LogP contribution in [0.5, 0.6) is 11.5 Å². The molecule has 4 heteroatoms. The van der Waals surface area contributed by atoms with Gasteiger partial charge in [0.2, 0.25) is 0 Å². The molecule has 1 aromatic heterocycles. The minimum absolute atomic E-state index is 0.207. The monoisotopic (exact) mass is 292 g/mol. The van der Waals surface area contributed by atoms with Gasteiger partial charge in [0.15, 0.2) is 0 Å². The summed E-state index contributed by atoms with van der Waals surface area (Å²) in [5, 5.41) is 0. The first-order valence-corrected chi connectivity index (χ1v) is 6.92. The molecule has 2 aromatic carbocycles. The quantitative estimate of drug-likeness (QED) is 0.748. The summed E-state index contributed by atoms with van der Waals surface area (Å²) in [7, 11) is 1.63. The third kappa shape index (κ3) is 2.61. The van der Waals surface area contributed by atoms with Crippen molar-refractivity contribution in [3.05, 3.63) is 42.0 Å². The molecule has 0 aliphatic carbocycles. The van der Waals surface area contributed by atoms with Gasteiger partial charge in [-0.05, 0) is 42.8 Å². The van der Waals surface area contributed by atoms with Gasteiger partial charge in [-0.1, -0.05) is 12.0 Å². The molecule has 0 unspecified atom stereocenters. The van der Waals surface area contributed by atoms with E-state index in [1.165, 1.54) is 5.56 Å². The lowest BCUT2D eigenvalue weighted by Gasteiger charge is -2.09. The molecule has 0 spiro atoms. The van der Waals surface area contributed by atoms with Crippen molar-refractivity contribution < 1.29 is 9.47 Å². The van der Waals surface area contributed by atoms with Crippen LogP contribution < -0.4 is 9.47 Å². The predicted octanol–water partition coefficient (Wildman–Crippen LogP) is 3.56. The number of rotatable bonds is 4. The van der Waals surface area contributed by atoms with Crippen LogP contribution in [-0.4, -0.2) is 23.7 Å². The molecule has 110 valence electrons. The predicted molar refractivity (Wildman–Crippen MR) is 87.1 cm³/mol. The Kier molecular flexibility index (Phi) is 3.71. The van der Waals surface area contributed by atoms with Crippen molar-refractivity contribution in [3.63, 3.8) is 0 Å². The van der Waals surface area contributed by atoms with Gasteiger partial charge in [0, 0.05) is 0 Å². The van der Waals surface area contributed by atoms with E-state index in [4.69, 9.17) is 15.9 Å². The number of imidazole rings is 1. The van der Waals surface area contributed by atoms with Crippen LogP contribution in [0.25, 0.3) is 22.4 Å². The SMILES string of the molecule is C#CCOc1ccc(OC)cc1-c1nc2ccc(C)cc2[nH]1.